The third-order valence-electron chi connectivity index (χ3n) is 2.12. The van der Waals surface area contributed by atoms with Gasteiger partial charge >= 0.3 is 0 Å². The fraction of sp³-hybridized carbons (Fsp3) is 0.154. The number of carbonyl (C=O) groups excluding carboxylic acids is 1. The first-order valence-corrected chi connectivity index (χ1v) is 6.45. The number of rotatable bonds is 3. The maximum atomic E-state index is 12.0. The normalized spacial score (nSPS) is 9.53. The van der Waals surface area contributed by atoms with E-state index in [0.717, 1.165) is 0 Å². The molecular weight excluding hydrogens is 262 g/mol. The molecule has 5 nitrogen and oxygen atoms in total. The molecule has 2 aromatic rings. The van der Waals surface area contributed by atoms with Crippen LogP contribution in [0.4, 0.5) is 5.95 Å². The number of thiophene rings is 1. The summed E-state index contributed by atoms with van der Waals surface area (Å²) in [7, 11) is 0. The van der Waals surface area contributed by atoms with Crippen molar-refractivity contribution < 1.29 is 9.90 Å². The van der Waals surface area contributed by atoms with Crippen molar-refractivity contribution in [3.63, 3.8) is 0 Å². The first-order chi connectivity index (χ1) is 9.31. The molecule has 2 rings (SSSR count). The molecule has 96 valence electrons. The van der Waals surface area contributed by atoms with Crippen LogP contribution in [0, 0.1) is 11.8 Å². The summed E-state index contributed by atoms with van der Waals surface area (Å²) in [6, 6.07) is 3.45. The van der Waals surface area contributed by atoms with Crippen molar-refractivity contribution in [2.45, 2.75) is 6.42 Å². The van der Waals surface area contributed by atoms with Crippen molar-refractivity contribution in [2.75, 3.05) is 11.9 Å². The summed E-state index contributed by atoms with van der Waals surface area (Å²) in [6.45, 7) is 0.0104. The van der Waals surface area contributed by atoms with E-state index in [1.165, 1.54) is 11.3 Å². The molecule has 2 N–H and O–H groups in total. The molecule has 0 aliphatic heterocycles. The van der Waals surface area contributed by atoms with E-state index < -0.39 is 0 Å². The number of aliphatic hydroxyl groups excluding tert-OH is 1. The maximum absolute atomic E-state index is 12.0. The van der Waals surface area contributed by atoms with Crippen molar-refractivity contribution >= 4 is 23.2 Å². The fourth-order valence-electron chi connectivity index (χ4n) is 1.32. The van der Waals surface area contributed by atoms with Crippen LogP contribution in [0.3, 0.4) is 0 Å². The number of aromatic nitrogens is 2. The van der Waals surface area contributed by atoms with Gasteiger partial charge in [-0.05, 0) is 17.5 Å². The van der Waals surface area contributed by atoms with Gasteiger partial charge in [0, 0.05) is 24.4 Å². The molecule has 0 fully saturated rings. The van der Waals surface area contributed by atoms with Crippen molar-refractivity contribution in [1.29, 1.82) is 0 Å². The van der Waals surface area contributed by atoms with Gasteiger partial charge in [0.05, 0.1) is 6.61 Å². The highest BCUT2D eigenvalue weighted by atomic mass is 32.1. The van der Waals surface area contributed by atoms with Gasteiger partial charge in [-0.1, -0.05) is 11.8 Å². The topological polar surface area (TPSA) is 75.1 Å². The van der Waals surface area contributed by atoms with Crippen LogP contribution < -0.4 is 5.32 Å². The summed E-state index contributed by atoms with van der Waals surface area (Å²) in [5.41, 5.74) is 0.645. The number of carbonyl (C=O) groups is 1. The van der Waals surface area contributed by atoms with Crippen LogP contribution in [-0.4, -0.2) is 27.6 Å². The van der Waals surface area contributed by atoms with E-state index in [1.807, 2.05) is 0 Å². The minimum absolute atomic E-state index is 0.0104. The number of nitrogens with zero attached hydrogens (tertiary/aromatic N) is 2. The SMILES string of the molecule is O=C(Nc1ncccn1)c1sccc1C#CCCO. The lowest BCUT2D eigenvalue weighted by Crippen LogP contribution is -2.13. The molecule has 0 unspecified atom stereocenters. The molecule has 1 amide bonds. The number of nitrogens with one attached hydrogen (secondary N) is 1. The highest BCUT2D eigenvalue weighted by Crippen LogP contribution is 2.17. The molecule has 19 heavy (non-hydrogen) atoms. The minimum atomic E-state index is -0.283. The molecule has 6 heteroatoms. The van der Waals surface area contributed by atoms with Gasteiger partial charge in [0.1, 0.15) is 4.88 Å². The van der Waals surface area contributed by atoms with Gasteiger partial charge in [0.2, 0.25) is 5.95 Å². The van der Waals surface area contributed by atoms with E-state index in [0.29, 0.717) is 16.9 Å². The summed E-state index contributed by atoms with van der Waals surface area (Å²) >= 11 is 1.30. The summed E-state index contributed by atoms with van der Waals surface area (Å²) < 4.78 is 0. The smallest absolute Gasteiger partial charge is 0.269 e. The Hall–Kier alpha value is -2.23. The Morgan fingerprint density at radius 1 is 1.42 bits per heavy atom. The van der Waals surface area contributed by atoms with E-state index in [1.54, 1.807) is 29.9 Å². The molecule has 0 spiro atoms. The molecule has 0 atom stereocenters. The molecule has 0 bridgehead atoms. The third-order valence-corrected chi connectivity index (χ3v) is 3.04. The number of hydrogen-bond acceptors (Lipinski definition) is 5. The highest BCUT2D eigenvalue weighted by Gasteiger charge is 2.12. The molecule has 0 aliphatic carbocycles. The Bertz CT molecular complexity index is 614. The molecule has 2 heterocycles. The molecule has 0 saturated heterocycles. The van der Waals surface area contributed by atoms with Crippen LogP contribution >= 0.6 is 11.3 Å². The van der Waals surface area contributed by atoms with Crippen molar-refractivity contribution in [2.24, 2.45) is 0 Å². The lowest BCUT2D eigenvalue weighted by Gasteiger charge is -2.01. The van der Waals surface area contributed by atoms with Gasteiger partial charge in [-0.3, -0.25) is 10.1 Å². The Balaban J connectivity index is 2.12. The zero-order valence-corrected chi connectivity index (χ0v) is 10.8. The first-order valence-electron chi connectivity index (χ1n) is 5.57. The van der Waals surface area contributed by atoms with E-state index in [2.05, 4.69) is 27.1 Å². The second-order valence-corrected chi connectivity index (χ2v) is 4.38. The number of aliphatic hydroxyl groups is 1. The van der Waals surface area contributed by atoms with Gasteiger partial charge in [0.25, 0.3) is 5.91 Å². The summed E-state index contributed by atoms with van der Waals surface area (Å²) in [5.74, 6) is 5.63. The molecule has 2 aromatic heterocycles. The molecule has 0 radical (unpaired) electrons. The minimum Gasteiger partial charge on any atom is -0.395 e. The Kier molecular flexibility index (Phi) is 4.61. The second-order valence-electron chi connectivity index (χ2n) is 3.47. The first kappa shape index (κ1) is 13.2. The van der Waals surface area contributed by atoms with Gasteiger partial charge in [-0.25, -0.2) is 9.97 Å². The number of hydrogen-bond donors (Lipinski definition) is 2. The van der Waals surface area contributed by atoms with E-state index in [-0.39, 0.29) is 18.5 Å². The lowest BCUT2D eigenvalue weighted by atomic mass is 10.2. The van der Waals surface area contributed by atoms with Crippen LogP contribution in [0.1, 0.15) is 21.7 Å². The predicted molar refractivity (Wildman–Crippen MR) is 72.9 cm³/mol. The van der Waals surface area contributed by atoms with E-state index in [4.69, 9.17) is 5.11 Å². The summed E-state index contributed by atoms with van der Waals surface area (Å²) in [4.78, 5) is 20.4. The fourth-order valence-corrected chi connectivity index (χ4v) is 2.06. The average molecular weight is 273 g/mol. The monoisotopic (exact) mass is 273 g/mol. The second kappa shape index (κ2) is 6.64. The van der Waals surface area contributed by atoms with E-state index >= 15 is 0 Å². The van der Waals surface area contributed by atoms with Crippen LogP contribution in [-0.2, 0) is 0 Å². The van der Waals surface area contributed by atoms with Gasteiger partial charge < -0.3 is 5.11 Å². The van der Waals surface area contributed by atoms with Gasteiger partial charge in [-0.2, -0.15) is 0 Å². The Morgan fingerprint density at radius 2 is 2.21 bits per heavy atom. The Labute approximate surface area is 114 Å². The largest absolute Gasteiger partial charge is 0.395 e. The lowest BCUT2D eigenvalue weighted by molar-refractivity contribution is 0.102. The van der Waals surface area contributed by atoms with Crippen LogP contribution in [0.5, 0.6) is 0 Å². The van der Waals surface area contributed by atoms with Crippen molar-refractivity contribution in [3.8, 4) is 11.8 Å². The molecular formula is C13H11N3O2S. The van der Waals surface area contributed by atoms with Crippen molar-refractivity contribution in [1.82, 2.24) is 9.97 Å². The highest BCUT2D eigenvalue weighted by molar-refractivity contribution is 7.12. The van der Waals surface area contributed by atoms with E-state index in [9.17, 15) is 4.79 Å². The number of amides is 1. The zero-order chi connectivity index (χ0) is 13.5. The zero-order valence-electron chi connectivity index (χ0n) is 9.96. The third kappa shape index (κ3) is 3.61. The van der Waals surface area contributed by atoms with Crippen LogP contribution in [0.15, 0.2) is 29.9 Å². The maximum Gasteiger partial charge on any atom is 0.269 e. The Morgan fingerprint density at radius 3 is 2.95 bits per heavy atom. The van der Waals surface area contributed by atoms with Crippen LogP contribution in [0.25, 0.3) is 0 Å². The van der Waals surface area contributed by atoms with Crippen molar-refractivity contribution in [3.05, 3.63) is 40.3 Å². The van der Waals surface area contributed by atoms with Gasteiger partial charge in [-0.15, -0.1) is 11.3 Å². The quantitative estimate of drug-likeness (QED) is 0.831. The standard InChI is InChI=1S/C13H11N3O2S/c17-8-2-1-4-10-5-9-19-11(10)12(18)16-13-14-6-3-7-15-13/h3,5-7,9,17H,2,8H2,(H,14,15,16,18). The van der Waals surface area contributed by atoms with Crippen LogP contribution in [0.2, 0.25) is 0 Å². The predicted octanol–water partition coefficient (Wildman–Crippen LogP) is 1.52. The molecule has 0 aliphatic rings. The molecule has 0 saturated carbocycles. The summed E-state index contributed by atoms with van der Waals surface area (Å²) in [5, 5.41) is 13.1. The average Bonchev–Trinajstić information content (AvgIpc) is 2.89. The van der Waals surface area contributed by atoms with Gasteiger partial charge in [0.15, 0.2) is 0 Å². The number of anilines is 1. The molecule has 0 aromatic carbocycles. The summed E-state index contributed by atoms with van der Waals surface area (Å²) in [6.07, 6.45) is 3.50.